The van der Waals surface area contributed by atoms with Crippen LogP contribution in [0.3, 0.4) is 0 Å². The second-order valence-electron chi connectivity index (χ2n) is 5.23. The van der Waals surface area contributed by atoms with Crippen LogP contribution in [0.25, 0.3) is 27.7 Å². The number of fused-ring (bicyclic) bond motifs is 1. The number of hydrogen-bond acceptors (Lipinski definition) is 8. The summed E-state index contributed by atoms with van der Waals surface area (Å²) in [6, 6.07) is 9.38. The number of benzene rings is 1. The van der Waals surface area contributed by atoms with Gasteiger partial charge in [-0.2, -0.15) is 0 Å². The number of nitrogens with zero attached hydrogens (tertiary/aromatic N) is 4. The van der Waals surface area contributed by atoms with Crippen molar-refractivity contribution in [1.82, 2.24) is 14.6 Å². The first-order chi connectivity index (χ1) is 12.3. The van der Waals surface area contributed by atoms with E-state index in [1.807, 2.05) is 0 Å². The van der Waals surface area contributed by atoms with Crippen LogP contribution in [0.2, 0.25) is 0 Å². The fraction of sp³-hybridized carbons (Fsp3) is 0. The standard InChI is InChI=1S/C14H9N5O5S2/c15-26(22,23)14-17-18-7-10(16-13(18)25-14)12-6-5-11(24-12)8-1-3-9(4-2-8)19(20)21/h1-7H,(H2,15,22,23). The molecule has 0 spiro atoms. The minimum atomic E-state index is -3.88. The molecule has 0 aliphatic rings. The Morgan fingerprint density at radius 3 is 2.46 bits per heavy atom. The van der Waals surface area contributed by atoms with E-state index in [9.17, 15) is 18.5 Å². The van der Waals surface area contributed by atoms with Crippen molar-refractivity contribution in [3.8, 4) is 22.8 Å². The van der Waals surface area contributed by atoms with Gasteiger partial charge in [0.2, 0.25) is 9.30 Å². The van der Waals surface area contributed by atoms with E-state index in [2.05, 4.69) is 10.1 Å². The summed E-state index contributed by atoms with van der Waals surface area (Å²) in [5.41, 5.74) is 1.14. The summed E-state index contributed by atoms with van der Waals surface area (Å²) in [6.07, 6.45) is 1.53. The van der Waals surface area contributed by atoms with Gasteiger partial charge in [0.1, 0.15) is 11.5 Å². The van der Waals surface area contributed by atoms with Gasteiger partial charge in [0.15, 0.2) is 5.76 Å². The Hall–Kier alpha value is -3.09. The highest BCUT2D eigenvalue weighted by atomic mass is 32.2. The van der Waals surface area contributed by atoms with Crippen molar-refractivity contribution in [3.05, 3.63) is 52.7 Å². The first kappa shape index (κ1) is 16.4. The van der Waals surface area contributed by atoms with Crippen LogP contribution in [-0.4, -0.2) is 27.9 Å². The lowest BCUT2D eigenvalue weighted by molar-refractivity contribution is -0.384. The number of nitrogens with two attached hydrogens (primary N) is 1. The number of hydrogen-bond donors (Lipinski definition) is 1. The van der Waals surface area contributed by atoms with Gasteiger partial charge in [0.05, 0.1) is 11.1 Å². The first-order valence-electron chi connectivity index (χ1n) is 7.05. The van der Waals surface area contributed by atoms with Gasteiger partial charge in [0, 0.05) is 17.7 Å². The third-order valence-corrected chi connectivity index (χ3v) is 5.72. The van der Waals surface area contributed by atoms with Crippen molar-refractivity contribution in [3.63, 3.8) is 0 Å². The summed E-state index contributed by atoms with van der Waals surface area (Å²) in [5, 5.41) is 19.6. The summed E-state index contributed by atoms with van der Waals surface area (Å²) in [6.45, 7) is 0. The van der Waals surface area contributed by atoms with E-state index in [0.717, 1.165) is 11.3 Å². The predicted octanol–water partition coefficient (Wildman–Crippen LogP) is 2.27. The maximum atomic E-state index is 11.3. The minimum absolute atomic E-state index is 0.00778. The van der Waals surface area contributed by atoms with Gasteiger partial charge in [0.25, 0.3) is 15.7 Å². The molecule has 4 aromatic rings. The lowest BCUT2D eigenvalue weighted by Crippen LogP contribution is -2.11. The molecule has 4 rings (SSSR count). The highest BCUT2D eigenvalue weighted by Crippen LogP contribution is 2.30. The number of non-ortho nitro benzene ring substituents is 1. The van der Waals surface area contributed by atoms with E-state index in [1.165, 1.54) is 22.8 Å². The largest absolute Gasteiger partial charge is 0.454 e. The van der Waals surface area contributed by atoms with Gasteiger partial charge in [-0.15, -0.1) is 5.10 Å². The minimum Gasteiger partial charge on any atom is -0.454 e. The Morgan fingerprint density at radius 1 is 1.15 bits per heavy atom. The summed E-state index contributed by atoms with van der Waals surface area (Å²) < 4.78 is 29.4. The zero-order valence-corrected chi connectivity index (χ0v) is 14.4. The summed E-state index contributed by atoms with van der Waals surface area (Å²) in [7, 11) is -3.88. The van der Waals surface area contributed by atoms with Gasteiger partial charge in [-0.3, -0.25) is 10.1 Å². The highest BCUT2D eigenvalue weighted by molar-refractivity contribution is 7.91. The van der Waals surface area contributed by atoms with E-state index in [1.54, 1.807) is 24.3 Å². The van der Waals surface area contributed by atoms with E-state index in [4.69, 9.17) is 9.56 Å². The van der Waals surface area contributed by atoms with E-state index >= 15 is 0 Å². The number of furan rings is 1. The number of aromatic nitrogens is 3. The van der Waals surface area contributed by atoms with Crippen LogP contribution in [0.15, 0.2) is 51.4 Å². The number of primary sulfonamides is 1. The number of rotatable bonds is 4. The van der Waals surface area contributed by atoms with Gasteiger partial charge in [-0.25, -0.2) is 23.1 Å². The van der Waals surface area contributed by atoms with Crippen molar-refractivity contribution >= 4 is 32.0 Å². The molecule has 0 aliphatic heterocycles. The number of nitro groups is 1. The van der Waals surface area contributed by atoms with Crippen molar-refractivity contribution in [2.24, 2.45) is 5.14 Å². The van der Waals surface area contributed by atoms with Crippen LogP contribution in [0.1, 0.15) is 0 Å². The fourth-order valence-corrected chi connectivity index (χ4v) is 3.80. The zero-order chi connectivity index (χ0) is 18.5. The lowest BCUT2D eigenvalue weighted by atomic mass is 10.1. The van der Waals surface area contributed by atoms with Crippen LogP contribution in [0.4, 0.5) is 5.69 Å². The average Bonchev–Trinajstić information content (AvgIpc) is 3.28. The van der Waals surface area contributed by atoms with Crippen LogP contribution in [-0.2, 0) is 10.0 Å². The van der Waals surface area contributed by atoms with E-state index < -0.39 is 14.9 Å². The van der Waals surface area contributed by atoms with Crippen LogP contribution in [0.5, 0.6) is 0 Å². The van der Waals surface area contributed by atoms with Gasteiger partial charge in [-0.1, -0.05) is 11.3 Å². The molecular weight excluding hydrogens is 382 g/mol. The normalized spacial score (nSPS) is 11.9. The van der Waals surface area contributed by atoms with Crippen molar-refractivity contribution in [2.45, 2.75) is 4.34 Å². The molecule has 3 aromatic heterocycles. The molecule has 1 aromatic carbocycles. The molecule has 0 radical (unpaired) electrons. The second-order valence-corrected chi connectivity index (χ2v) is 7.93. The molecule has 2 N–H and O–H groups in total. The molecule has 0 aliphatic carbocycles. The monoisotopic (exact) mass is 391 g/mol. The first-order valence-corrected chi connectivity index (χ1v) is 9.41. The molecule has 26 heavy (non-hydrogen) atoms. The molecule has 0 saturated heterocycles. The maximum Gasteiger partial charge on any atom is 0.269 e. The molecule has 3 heterocycles. The Bertz CT molecular complexity index is 1200. The summed E-state index contributed by atoms with van der Waals surface area (Å²) in [4.78, 5) is 14.9. The highest BCUT2D eigenvalue weighted by Gasteiger charge is 2.18. The van der Waals surface area contributed by atoms with Gasteiger partial charge in [-0.05, 0) is 24.3 Å². The average molecular weight is 391 g/mol. The third kappa shape index (κ3) is 2.85. The Morgan fingerprint density at radius 2 is 1.85 bits per heavy atom. The molecule has 132 valence electrons. The number of imidazole rings is 1. The van der Waals surface area contributed by atoms with E-state index in [0.29, 0.717) is 27.7 Å². The van der Waals surface area contributed by atoms with Gasteiger partial charge < -0.3 is 4.42 Å². The smallest absolute Gasteiger partial charge is 0.269 e. The molecule has 0 bridgehead atoms. The Balaban J connectivity index is 1.66. The second kappa shape index (κ2) is 5.72. The quantitative estimate of drug-likeness (QED) is 0.414. The molecular formula is C14H9N5O5S2. The molecule has 0 unspecified atom stereocenters. The van der Waals surface area contributed by atoms with E-state index in [-0.39, 0.29) is 10.0 Å². The fourth-order valence-electron chi connectivity index (χ4n) is 2.29. The Kier molecular flexibility index (Phi) is 3.61. The van der Waals surface area contributed by atoms with Gasteiger partial charge >= 0.3 is 0 Å². The van der Waals surface area contributed by atoms with Crippen LogP contribution < -0.4 is 5.14 Å². The summed E-state index contributed by atoms with van der Waals surface area (Å²) in [5.74, 6) is 0.970. The molecule has 12 heteroatoms. The molecule has 0 saturated carbocycles. The number of sulfonamides is 1. The van der Waals surface area contributed by atoms with Crippen molar-refractivity contribution < 1.29 is 17.8 Å². The SMILES string of the molecule is NS(=O)(=O)c1nn2cc(-c3ccc(-c4ccc([N+](=O)[O-])cc4)o3)nc2s1. The Labute approximate surface area is 149 Å². The third-order valence-electron chi connectivity index (χ3n) is 3.49. The summed E-state index contributed by atoms with van der Waals surface area (Å²) >= 11 is 0.849. The lowest BCUT2D eigenvalue weighted by Gasteiger charge is -1.96. The van der Waals surface area contributed by atoms with Crippen LogP contribution >= 0.6 is 11.3 Å². The topological polar surface area (TPSA) is 147 Å². The molecule has 0 atom stereocenters. The molecule has 0 fully saturated rings. The molecule has 0 amide bonds. The zero-order valence-electron chi connectivity index (χ0n) is 12.8. The predicted molar refractivity (Wildman–Crippen MR) is 92.0 cm³/mol. The van der Waals surface area contributed by atoms with Crippen LogP contribution in [0, 0.1) is 10.1 Å². The number of nitro benzene ring substituents is 1. The van der Waals surface area contributed by atoms with Crippen molar-refractivity contribution in [2.75, 3.05) is 0 Å². The molecule has 10 nitrogen and oxygen atoms in total. The van der Waals surface area contributed by atoms with Crippen molar-refractivity contribution in [1.29, 1.82) is 0 Å². The maximum absolute atomic E-state index is 11.3.